The molecule has 1 amide bonds. The Hall–Kier alpha value is -2.37. The van der Waals surface area contributed by atoms with E-state index in [1.165, 1.54) is 0 Å². The topological polar surface area (TPSA) is 71.0 Å². The van der Waals surface area contributed by atoms with Crippen LogP contribution in [-0.2, 0) is 11.3 Å². The number of nitrogens with zero attached hydrogens (tertiary/aromatic N) is 3. The van der Waals surface area contributed by atoms with Crippen LogP contribution in [0.5, 0.6) is 0 Å². The Morgan fingerprint density at radius 2 is 1.96 bits per heavy atom. The van der Waals surface area contributed by atoms with Gasteiger partial charge in [-0.05, 0) is 24.8 Å². The van der Waals surface area contributed by atoms with Gasteiger partial charge in [0.15, 0.2) is 0 Å². The smallest absolute Gasteiger partial charge is 0.343 e. The van der Waals surface area contributed by atoms with E-state index in [9.17, 15) is 9.59 Å². The molecule has 2 heterocycles. The minimum atomic E-state index is -0.168. The Kier molecular flexibility index (Phi) is 5.13. The Morgan fingerprint density at radius 3 is 2.62 bits per heavy atom. The van der Waals surface area contributed by atoms with Crippen LogP contribution in [0.25, 0.3) is 0 Å². The normalized spacial score (nSPS) is 15.6. The first-order valence-electron chi connectivity index (χ1n) is 8.66. The predicted molar refractivity (Wildman–Crippen MR) is 91.9 cm³/mol. The highest BCUT2D eigenvalue weighted by Crippen LogP contribution is 2.26. The number of aromatic amines is 1. The highest BCUT2D eigenvalue weighted by atomic mass is 16.2. The lowest BCUT2D eigenvalue weighted by Gasteiger charge is -2.31. The van der Waals surface area contributed by atoms with Gasteiger partial charge >= 0.3 is 5.69 Å². The quantitative estimate of drug-likeness (QED) is 0.914. The van der Waals surface area contributed by atoms with Gasteiger partial charge < -0.3 is 4.90 Å². The number of carbonyl (C=O) groups is 1. The van der Waals surface area contributed by atoms with Crippen LogP contribution in [-0.4, -0.2) is 38.7 Å². The summed E-state index contributed by atoms with van der Waals surface area (Å²) in [6, 6.07) is 9.92. The molecule has 2 aromatic rings. The van der Waals surface area contributed by atoms with E-state index in [1.807, 2.05) is 42.2 Å². The molecule has 0 aliphatic carbocycles. The Balaban J connectivity index is 1.70. The first-order chi connectivity index (χ1) is 11.7. The number of carbonyl (C=O) groups excluding carboxylic acids is 1. The Bertz CT molecular complexity index is 727. The minimum Gasteiger partial charge on any atom is -0.343 e. The molecule has 1 aromatic heterocycles. The average molecular weight is 328 g/mol. The third-order valence-corrected chi connectivity index (χ3v) is 4.65. The molecule has 24 heavy (non-hydrogen) atoms. The Labute approximate surface area is 141 Å². The van der Waals surface area contributed by atoms with Crippen molar-refractivity contribution in [1.29, 1.82) is 0 Å². The molecule has 128 valence electrons. The number of benzene rings is 1. The fourth-order valence-electron chi connectivity index (χ4n) is 3.32. The van der Waals surface area contributed by atoms with Crippen molar-refractivity contribution in [3.05, 3.63) is 52.2 Å². The summed E-state index contributed by atoms with van der Waals surface area (Å²) in [7, 11) is 0. The number of likely N-dealkylation sites (tertiary alicyclic amines) is 1. The first kappa shape index (κ1) is 16.5. The number of amides is 1. The van der Waals surface area contributed by atoms with E-state index < -0.39 is 0 Å². The second-order valence-electron chi connectivity index (χ2n) is 6.36. The number of aromatic nitrogens is 3. The van der Waals surface area contributed by atoms with Crippen LogP contribution in [0.15, 0.2) is 35.1 Å². The molecule has 0 spiro atoms. The molecule has 0 saturated carbocycles. The van der Waals surface area contributed by atoms with Crippen LogP contribution >= 0.6 is 0 Å². The van der Waals surface area contributed by atoms with E-state index in [4.69, 9.17) is 0 Å². The minimum absolute atomic E-state index is 0.168. The van der Waals surface area contributed by atoms with Crippen LogP contribution in [0, 0.1) is 0 Å². The monoisotopic (exact) mass is 328 g/mol. The molecule has 0 radical (unpaired) electrons. The van der Waals surface area contributed by atoms with Crippen LogP contribution in [0.3, 0.4) is 0 Å². The van der Waals surface area contributed by atoms with Gasteiger partial charge in [-0.25, -0.2) is 9.89 Å². The molecule has 6 nitrogen and oxygen atoms in total. The maximum atomic E-state index is 12.1. The van der Waals surface area contributed by atoms with Crippen LogP contribution < -0.4 is 5.69 Å². The summed E-state index contributed by atoms with van der Waals surface area (Å²) >= 11 is 0. The van der Waals surface area contributed by atoms with Crippen LogP contribution in [0.1, 0.15) is 49.9 Å². The number of piperidine rings is 1. The van der Waals surface area contributed by atoms with Crippen molar-refractivity contribution in [2.24, 2.45) is 0 Å². The molecular weight excluding hydrogens is 304 g/mol. The lowest BCUT2D eigenvalue weighted by atomic mass is 9.95. The van der Waals surface area contributed by atoms with Crippen molar-refractivity contribution in [2.45, 2.75) is 45.1 Å². The number of hydrogen-bond acceptors (Lipinski definition) is 3. The van der Waals surface area contributed by atoms with Gasteiger partial charge in [-0.15, -0.1) is 0 Å². The van der Waals surface area contributed by atoms with E-state index in [0.717, 1.165) is 43.7 Å². The number of rotatable bonds is 5. The molecule has 1 aromatic carbocycles. The van der Waals surface area contributed by atoms with Crippen LogP contribution in [0.4, 0.5) is 0 Å². The van der Waals surface area contributed by atoms with Gasteiger partial charge in [0.25, 0.3) is 0 Å². The molecular formula is C18H24N4O2. The van der Waals surface area contributed by atoms with Gasteiger partial charge in [-0.1, -0.05) is 37.3 Å². The fourth-order valence-corrected chi connectivity index (χ4v) is 3.32. The van der Waals surface area contributed by atoms with Crippen molar-refractivity contribution in [2.75, 3.05) is 13.1 Å². The highest BCUT2D eigenvalue weighted by Gasteiger charge is 2.27. The second kappa shape index (κ2) is 7.47. The molecule has 6 heteroatoms. The zero-order valence-electron chi connectivity index (χ0n) is 14.1. The van der Waals surface area contributed by atoms with E-state index >= 15 is 0 Å². The molecule has 1 aliphatic heterocycles. The largest absolute Gasteiger partial charge is 0.343 e. The predicted octanol–water partition coefficient (Wildman–Crippen LogP) is 2.13. The molecule has 0 bridgehead atoms. The number of H-pyrrole nitrogens is 1. The molecule has 1 N–H and O–H groups in total. The van der Waals surface area contributed by atoms with Gasteiger partial charge in [0, 0.05) is 25.4 Å². The summed E-state index contributed by atoms with van der Waals surface area (Å²) in [4.78, 5) is 26.1. The van der Waals surface area contributed by atoms with Gasteiger partial charge in [-0.2, -0.15) is 5.10 Å². The number of nitrogens with one attached hydrogen (secondary N) is 1. The van der Waals surface area contributed by atoms with E-state index in [-0.39, 0.29) is 17.5 Å². The van der Waals surface area contributed by atoms with Crippen molar-refractivity contribution in [1.82, 2.24) is 19.7 Å². The fraction of sp³-hybridized carbons (Fsp3) is 0.500. The molecule has 0 atom stereocenters. The second-order valence-corrected chi connectivity index (χ2v) is 6.36. The summed E-state index contributed by atoms with van der Waals surface area (Å²) < 4.78 is 1.73. The van der Waals surface area contributed by atoms with Gasteiger partial charge in [0.2, 0.25) is 5.91 Å². The molecule has 3 rings (SSSR count). The number of hydrogen-bond donors (Lipinski definition) is 1. The third kappa shape index (κ3) is 3.58. The standard InChI is InChI=1S/C18H24N4O2/c1-2-6-16(23)21-11-9-15(10-12-21)17-19-20-18(24)22(17)13-14-7-4-3-5-8-14/h3-5,7-8,15H,2,6,9-13H2,1H3,(H,20,24). The van der Waals surface area contributed by atoms with Crippen molar-refractivity contribution >= 4 is 5.91 Å². The summed E-state index contributed by atoms with van der Waals surface area (Å²) in [5.74, 6) is 1.27. The maximum Gasteiger partial charge on any atom is 0.343 e. The van der Waals surface area contributed by atoms with Gasteiger partial charge in [-0.3, -0.25) is 9.36 Å². The molecule has 1 saturated heterocycles. The highest BCUT2D eigenvalue weighted by molar-refractivity contribution is 5.76. The van der Waals surface area contributed by atoms with Crippen LogP contribution in [0.2, 0.25) is 0 Å². The summed E-state index contributed by atoms with van der Waals surface area (Å²) in [6.07, 6.45) is 3.21. The average Bonchev–Trinajstić information content (AvgIpc) is 2.97. The van der Waals surface area contributed by atoms with E-state index in [1.54, 1.807) is 4.57 Å². The van der Waals surface area contributed by atoms with E-state index in [0.29, 0.717) is 13.0 Å². The molecule has 1 fully saturated rings. The lowest BCUT2D eigenvalue weighted by molar-refractivity contribution is -0.132. The maximum absolute atomic E-state index is 12.1. The first-order valence-corrected chi connectivity index (χ1v) is 8.66. The van der Waals surface area contributed by atoms with Gasteiger partial charge in [0.1, 0.15) is 5.82 Å². The zero-order valence-corrected chi connectivity index (χ0v) is 14.1. The zero-order chi connectivity index (χ0) is 16.9. The third-order valence-electron chi connectivity index (χ3n) is 4.65. The lowest BCUT2D eigenvalue weighted by Crippen LogP contribution is -2.38. The summed E-state index contributed by atoms with van der Waals surface area (Å²) in [5, 5.41) is 6.85. The van der Waals surface area contributed by atoms with Crippen molar-refractivity contribution in [3.8, 4) is 0 Å². The Morgan fingerprint density at radius 1 is 1.25 bits per heavy atom. The van der Waals surface area contributed by atoms with E-state index in [2.05, 4.69) is 10.2 Å². The summed E-state index contributed by atoms with van der Waals surface area (Å²) in [6.45, 7) is 4.04. The van der Waals surface area contributed by atoms with Crippen molar-refractivity contribution in [3.63, 3.8) is 0 Å². The summed E-state index contributed by atoms with van der Waals surface area (Å²) in [5.41, 5.74) is 0.913. The molecule has 1 aliphatic rings. The van der Waals surface area contributed by atoms with Gasteiger partial charge in [0.05, 0.1) is 6.54 Å². The van der Waals surface area contributed by atoms with Crippen molar-refractivity contribution < 1.29 is 4.79 Å². The SMILES string of the molecule is CCCC(=O)N1CCC(c2n[nH]c(=O)n2Cc2ccccc2)CC1. The molecule has 0 unspecified atom stereocenters.